The summed E-state index contributed by atoms with van der Waals surface area (Å²) in [4.78, 5) is 9.99. The maximum Gasteiger partial charge on any atom is 0.124 e. The third-order valence-electron chi connectivity index (χ3n) is 6.47. The Balaban J connectivity index is 1.39. The normalized spacial score (nSPS) is 13.9. The van der Waals surface area contributed by atoms with Gasteiger partial charge < -0.3 is 9.09 Å². The molecular weight excluding hydrogens is 428 g/mol. The molecule has 5 nitrogen and oxygen atoms in total. The average molecular weight is 459 g/mol. The lowest BCUT2D eigenvalue weighted by atomic mass is 9.97. The molecule has 0 fully saturated rings. The van der Waals surface area contributed by atoms with E-state index in [0.717, 1.165) is 35.4 Å². The molecule has 170 valence electrons. The van der Waals surface area contributed by atoms with E-state index in [1.54, 1.807) is 6.26 Å². The predicted molar refractivity (Wildman–Crippen MR) is 135 cm³/mol. The Bertz CT molecular complexity index is 1400. The molecule has 0 amide bonds. The first-order chi connectivity index (χ1) is 15.9. The molecule has 2 unspecified atom stereocenters. The second-order valence-electron chi connectivity index (χ2n) is 9.46. The Morgan fingerprint density at radius 3 is 2.58 bits per heavy atom. The Hall–Kier alpha value is -2.99. The molecule has 3 heterocycles. The molecule has 3 aromatic heterocycles. The first-order valence-corrected chi connectivity index (χ1v) is 12.5. The Morgan fingerprint density at radius 2 is 1.82 bits per heavy atom. The lowest BCUT2D eigenvalue weighted by Crippen LogP contribution is -2.00. The standard InChI is InChI=1S/C27H30N4OS/c1-16(2)26-28-22-15-19(9-10-23(22)31(26)5)13-18(4)27-29-25-20(7-6-8-24(25)33-27)14-17(3)21-11-12-32-30-21/h6-12,15-18H,13-14H2,1-5H3. The third kappa shape index (κ3) is 4.20. The minimum absolute atomic E-state index is 0.290. The van der Waals surface area contributed by atoms with Crippen molar-refractivity contribution in [1.82, 2.24) is 19.7 Å². The summed E-state index contributed by atoms with van der Waals surface area (Å²) < 4.78 is 8.49. The van der Waals surface area contributed by atoms with E-state index in [1.807, 2.05) is 17.4 Å². The lowest BCUT2D eigenvalue weighted by molar-refractivity contribution is 0.406. The van der Waals surface area contributed by atoms with Crippen molar-refractivity contribution >= 4 is 32.6 Å². The lowest BCUT2D eigenvalue weighted by Gasteiger charge is -2.09. The quantitative estimate of drug-likeness (QED) is 0.264. The molecule has 6 heteroatoms. The largest absolute Gasteiger partial charge is 0.365 e. The second kappa shape index (κ2) is 8.75. The number of benzene rings is 2. The van der Waals surface area contributed by atoms with Crippen molar-refractivity contribution in [3.05, 3.63) is 76.4 Å². The van der Waals surface area contributed by atoms with E-state index >= 15 is 0 Å². The molecule has 33 heavy (non-hydrogen) atoms. The van der Waals surface area contributed by atoms with Crippen LogP contribution in [0.5, 0.6) is 0 Å². The molecule has 0 aliphatic carbocycles. The number of thiazole rings is 1. The van der Waals surface area contributed by atoms with Crippen molar-refractivity contribution in [1.29, 1.82) is 0 Å². The van der Waals surface area contributed by atoms with Gasteiger partial charge >= 0.3 is 0 Å². The number of aryl methyl sites for hydroxylation is 1. The number of imidazole rings is 1. The van der Waals surface area contributed by atoms with Crippen molar-refractivity contribution in [2.45, 2.75) is 58.3 Å². The SMILES string of the molecule is CC(C)c1nc2cc(CC(C)c3nc4c(CC(C)c5ccon5)cccc4s3)ccc2n1C. The highest BCUT2D eigenvalue weighted by Gasteiger charge is 2.18. The first kappa shape index (κ1) is 21.8. The van der Waals surface area contributed by atoms with Gasteiger partial charge in [-0.05, 0) is 42.2 Å². The van der Waals surface area contributed by atoms with Crippen LogP contribution in [0.4, 0.5) is 0 Å². The highest BCUT2D eigenvalue weighted by atomic mass is 32.1. The van der Waals surface area contributed by atoms with Gasteiger partial charge in [-0.1, -0.05) is 51.1 Å². The summed E-state index contributed by atoms with van der Waals surface area (Å²) in [7, 11) is 2.11. The predicted octanol–water partition coefficient (Wildman–Crippen LogP) is 6.99. The van der Waals surface area contributed by atoms with Gasteiger partial charge in [0.25, 0.3) is 0 Å². The van der Waals surface area contributed by atoms with Crippen LogP contribution in [-0.2, 0) is 19.9 Å². The highest BCUT2D eigenvalue weighted by molar-refractivity contribution is 7.18. The van der Waals surface area contributed by atoms with Crippen molar-refractivity contribution in [3.8, 4) is 0 Å². The van der Waals surface area contributed by atoms with Crippen LogP contribution in [0, 0.1) is 0 Å². The first-order valence-electron chi connectivity index (χ1n) is 11.6. The van der Waals surface area contributed by atoms with E-state index in [0.29, 0.717) is 11.8 Å². The van der Waals surface area contributed by atoms with Crippen LogP contribution >= 0.6 is 11.3 Å². The van der Waals surface area contributed by atoms with Gasteiger partial charge in [-0.25, -0.2) is 9.97 Å². The second-order valence-corrected chi connectivity index (χ2v) is 10.5. The van der Waals surface area contributed by atoms with Gasteiger partial charge in [0, 0.05) is 30.9 Å². The number of hydrogen-bond acceptors (Lipinski definition) is 5. The van der Waals surface area contributed by atoms with Crippen LogP contribution in [0.25, 0.3) is 21.3 Å². The number of nitrogens with zero attached hydrogens (tertiary/aromatic N) is 4. The minimum Gasteiger partial charge on any atom is -0.365 e. The summed E-state index contributed by atoms with van der Waals surface area (Å²) in [5.74, 6) is 2.18. The number of hydrogen-bond donors (Lipinski definition) is 0. The maximum absolute atomic E-state index is 5.10. The average Bonchev–Trinajstić information content (AvgIpc) is 3.53. The topological polar surface area (TPSA) is 56.7 Å². The zero-order valence-electron chi connectivity index (χ0n) is 19.9. The summed E-state index contributed by atoms with van der Waals surface area (Å²) in [5.41, 5.74) is 6.97. The van der Waals surface area contributed by atoms with Gasteiger partial charge in [0.05, 0.1) is 32.0 Å². The molecule has 2 aromatic carbocycles. The molecule has 0 saturated carbocycles. The van der Waals surface area contributed by atoms with Crippen LogP contribution in [0.15, 0.2) is 53.3 Å². The zero-order valence-corrected chi connectivity index (χ0v) is 20.7. The van der Waals surface area contributed by atoms with Crippen LogP contribution in [0.1, 0.15) is 73.1 Å². The summed E-state index contributed by atoms with van der Waals surface area (Å²) in [5, 5.41) is 5.30. The fraction of sp³-hybridized carbons (Fsp3) is 0.370. The smallest absolute Gasteiger partial charge is 0.124 e. The Labute approximate surface area is 198 Å². The number of aromatic nitrogens is 4. The van der Waals surface area contributed by atoms with Crippen molar-refractivity contribution < 1.29 is 4.52 Å². The molecule has 0 spiro atoms. The number of fused-ring (bicyclic) bond motifs is 2. The van der Waals surface area contributed by atoms with E-state index < -0.39 is 0 Å². The van der Waals surface area contributed by atoms with Crippen LogP contribution in [0.3, 0.4) is 0 Å². The number of para-hydroxylation sites is 1. The van der Waals surface area contributed by atoms with Gasteiger partial charge in [-0.15, -0.1) is 11.3 Å². The third-order valence-corrected chi connectivity index (χ3v) is 7.72. The highest BCUT2D eigenvalue weighted by Crippen LogP contribution is 2.33. The molecule has 0 saturated heterocycles. The molecule has 0 radical (unpaired) electrons. The van der Waals surface area contributed by atoms with E-state index in [4.69, 9.17) is 14.5 Å². The maximum atomic E-state index is 5.10. The molecule has 0 aliphatic rings. The Kier molecular flexibility index (Phi) is 5.79. The van der Waals surface area contributed by atoms with Crippen molar-refractivity contribution in [2.75, 3.05) is 0 Å². The van der Waals surface area contributed by atoms with E-state index in [2.05, 4.69) is 80.9 Å². The van der Waals surface area contributed by atoms with Crippen LogP contribution in [-0.4, -0.2) is 19.7 Å². The Morgan fingerprint density at radius 1 is 0.970 bits per heavy atom. The molecule has 5 aromatic rings. The molecule has 5 rings (SSSR count). The van der Waals surface area contributed by atoms with Gasteiger partial charge in [-0.2, -0.15) is 0 Å². The molecule has 0 aliphatic heterocycles. The van der Waals surface area contributed by atoms with E-state index in [-0.39, 0.29) is 5.92 Å². The van der Waals surface area contributed by atoms with Crippen LogP contribution in [0.2, 0.25) is 0 Å². The van der Waals surface area contributed by atoms with Gasteiger partial charge in [0.15, 0.2) is 0 Å². The summed E-state index contributed by atoms with van der Waals surface area (Å²) in [6.07, 6.45) is 3.49. The fourth-order valence-electron chi connectivity index (χ4n) is 4.66. The summed E-state index contributed by atoms with van der Waals surface area (Å²) >= 11 is 1.81. The summed E-state index contributed by atoms with van der Waals surface area (Å²) in [6, 6.07) is 15.1. The molecular formula is C27H30N4OS. The minimum atomic E-state index is 0.290. The van der Waals surface area contributed by atoms with Crippen molar-refractivity contribution in [3.63, 3.8) is 0 Å². The van der Waals surface area contributed by atoms with Crippen molar-refractivity contribution in [2.24, 2.45) is 7.05 Å². The van der Waals surface area contributed by atoms with Gasteiger partial charge in [0.2, 0.25) is 0 Å². The van der Waals surface area contributed by atoms with Gasteiger partial charge in [-0.3, -0.25) is 0 Å². The molecule has 2 atom stereocenters. The van der Waals surface area contributed by atoms with E-state index in [9.17, 15) is 0 Å². The van der Waals surface area contributed by atoms with Crippen LogP contribution < -0.4 is 0 Å². The fourth-order valence-corrected chi connectivity index (χ4v) is 5.72. The molecule has 0 N–H and O–H groups in total. The zero-order chi connectivity index (χ0) is 23.1. The molecule has 0 bridgehead atoms. The number of rotatable bonds is 7. The van der Waals surface area contributed by atoms with Gasteiger partial charge in [0.1, 0.15) is 12.1 Å². The monoisotopic (exact) mass is 458 g/mol. The summed E-state index contributed by atoms with van der Waals surface area (Å²) in [6.45, 7) is 8.85. The van der Waals surface area contributed by atoms with E-state index in [1.165, 1.54) is 26.4 Å².